The Balaban J connectivity index is 1.64. The monoisotopic (exact) mass is 354 g/mol. The molecule has 0 spiro atoms. The van der Waals surface area contributed by atoms with Crippen molar-refractivity contribution in [2.45, 2.75) is 38.5 Å². The average Bonchev–Trinajstić information content (AvgIpc) is 2.97. The number of hydrogen-bond donors (Lipinski definition) is 1. The first-order chi connectivity index (χ1) is 12.7. The number of benzene rings is 1. The summed E-state index contributed by atoms with van der Waals surface area (Å²) in [4.78, 5) is 28.8. The van der Waals surface area contributed by atoms with Gasteiger partial charge in [-0.1, -0.05) is 18.9 Å². The molecule has 3 amide bonds. The second-order valence-electron chi connectivity index (χ2n) is 7.13. The van der Waals surface area contributed by atoms with Crippen LogP contribution in [0.5, 0.6) is 0 Å². The van der Waals surface area contributed by atoms with E-state index in [9.17, 15) is 9.59 Å². The lowest BCUT2D eigenvalue weighted by atomic mass is 10.0. The highest BCUT2D eigenvalue weighted by Gasteiger charge is 2.24. The van der Waals surface area contributed by atoms with Gasteiger partial charge in [-0.15, -0.1) is 0 Å². The highest BCUT2D eigenvalue weighted by Crippen LogP contribution is 2.19. The van der Waals surface area contributed by atoms with Gasteiger partial charge in [-0.05, 0) is 43.9 Å². The molecule has 1 aromatic carbocycles. The van der Waals surface area contributed by atoms with E-state index < -0.39 is 0 Å². The van der Waals surface area contributed by atoms with Gasteiger partial charge in [0, 0.05) is 37.4 Å². The van der Waals surface area contributed by atoms with Crippen LogP contribution in [0.3, 0.4) is 0 Å². The summed E-state index contributed by atoms with van der Waals surface area (Å²) in [6.45, 7) is 2.74. The van der Waals surface area contributed by atoms with Crippen LogP contribution < -0.4 is 5.32 Å². The maximum atomic E-state index is 12.7. The van der Waals surface area contributed by atoms with E-state index >= 15 is 0 Å². The number of hydrogen-bond acceptors (Lipinski definition) is 3. The summed E-state index contributed by atoms with van der Waals surface area (Å²) >= 11 is 0. The Hall–Kier alpha value is -2.55. The van der Waals surface area contributed by atoms with E-state index in [-0.39, 0.29) is 17.9 Å². The van der Waals surface area contributed by atoms with Crippen molar-refractivity contribution in [3.63, 3.8) is 0 Å². The summed E-state index contributed by atoms with van der Waals surface area (Å²) in [5.74, 6) is -0.0593. The maximum Gasteiger partial charge on any atom is 0.321 e. The minimum absolute atomic E-state index is 0.0329. The molecule has 1 unspecified atom stereocenters. The number of nitrogens with one attached hydrogen (secondary N) is 1. The number of rotatable bonds is 2. The molecule has 0 aliphatic carbocycles. The van der Waals surface area contributed by atoms with Crippen molar-refractivity contribution in [2.24, 2.45) is 5.92 Å². The quantitative estimate of drug-likeness (QED) is 0.883. The molecule has 0 aromatic heterocycles. The van der Waals surface area contributed by atoms with Crippen molar-refractivity contribution in [3.8, 4) is 6.07 Å². The summed E-state index contributed by atoms with van der Waals surface area (Å²) in [6, 6.07) is 9.18. The van der Waals surface area contributed by atoms with Crippen molar-refractivity contribution in [2.75, 3.05) is 31.5 Å². The fourth-order valence-corrected chi connectivity index (χ4v) is 3.66. The zero-order valence-electron chi connectivity index (χ0n) is 15.1. The molecule has 138 valence electrons. The molecule has 3 rings (SSSR count). The molecule has 0 saturated carbocycles. The number of likely N-dealkylation sites (tertiary alicyclic amines) is 2. The number of anilines is 1. The van der Waals surface area contributed by atoms with Gasteiger partial charge in [0.2, 0.25) is 0 Å². The van der Waals surface area contributed by atoms with Gasteiger partial charge in [0.25, 0.3) is 5.91 Å². The van der Waals surface area contributed by atoms with Gasteiger partial charge in [0.15, 0.2) is 0 Å². The largest absolute Gasteiger partial charge is 0.339 e. The lowest BCUT2D eigenvalue weighted by Gasteiger charge is -2.29. The van der Waals surface area contributed by atoms with Crippen molar-refractivity contribution in [3.05, 3.63) is 29.8 Å². The van der Waals surface area contributed by atoms with Gasteiger partial charge in [0.05, 0.1) is 12.0 Å². The van der Waals surface area contributed by atoms with Crippen molar-refractivity contribution >= 4 is 17.6 Å². The van der Waals surface area contributed by atoms with Crippen LogP contribution in [0.1, 0.15) is 48.9 Å². The van der Waals surface area contributed by atoms with Gasteiger partial charge in [0.1, 0.15) is 0 Å². The number of urea groups is 1. The minimum Gasteiger partial charge on any atom is -0.339 e. The Labute approximate surface area is 154 Å². The normalized spacial score (nSPS) is 20.8. The van der Waals surface area contributed by atoms with Crippen molar-refractivity contribution < 1.29 is 9.59 Å². The van der Waals surface area contributed by atoms with Gasteiger partial charge in [-0.25, -0.2) is 4.79 Å². The Morgan fingerprint density at radius 2 is 1.77 bits per heavy atom. The summed E-state index contributed by atoms with van der Waals surface area (Å²) in [5, 5.41) is 11.9. The van der Waals surface area contributed by atoms with E-state index in [1.807, 2.05) is 4.90 Å². The third-order valence-electron chi connectivity index (χ3n) is 5.15. The molecule has 2 fully saturated rings. The van der Waals surface area contributed by atoms with Crippen molar-refractivity contribution in [1.82, 2.24) is 9.80 Å². The molecule has 6 heteroatoms. The number of amides is 3. The van der Waals surface area contributed by atoms with E-state index in [2.05, 4.69) is 11.4 Å². The summed E-state index contributed by atoms with van der Waals surface area (Å²) < 4.78 is 0. The fraction of sp³-hybridized carbons (Fsp3) is 0.550. The van der Waals surface area contributed by atoms with Gasteiger partial charge in [-0.2, -0.15) is 5.26 Å². The first-order valence-electron chi connectivity index (χ1n) is 9.52. The van der Waals surface area contributed by atoms with Crippen LogP contribution in [0.4, 0.5) is 10.5 Å². The molecule has 1 atom stereocenters. The second-order valence-corrected chi connectivity index (χ2v) is 7.13. The van der Waals surface area contributed by atoms with Crippen LogP contribution >= 0.6 is 0 Å². The molecule has 26 heavy (non-hydrogen) atoms. The van der Waals surface area contributed by atoms with Crippen LogP contribution in [-0.4, -0.2) is 47.9 Å². The van der Waals surface area contributed by atoms with Gasteiger partial charge in [-0.3, -0.25) is 4.79 Å². The van der Waals surface area contributed by atoms with Gasteiger partial charge < -0.3 is 15.1 Å². The third kappa shape index (κ3) is 4.54. The SMILES string of the molecule is N#CC1CCCN(C(=O)Nc2cccc(C(=O)N3CCCCCC3)c2)C1. The molecule has 1 aromatic rings. The molecular weight excluding hydrogens is 328 g/mol. The summed E-state index contributed by atoms with van der Waals surface area (Å²) in [7, 11) is 0. The standard InChI is InChI=1S/C20H26N4O2/c21-14-16-7-6-12-24(15-16)20(26)22-18-9-5-8-17(13-18)19(25)23-10-3-1-2-4-11-23/h5,8-9,13,16H,1-4,6-7,10-12,15H2,(H,22,26). The number of carbonyl (C=O) groups excluding carboxylic acids is 2. The number of nitriles is 1. The predicted molar refractivity (Wildman–Crippen MR) is 99.7 cm³/mol. The first kappa shape index (κ1) is 18.2. The van der Waals surface area contributed by atoms with Crippen molar-refractivity contribution in [1.29, 1.82) is 5.26 Å². The number of piperidine rings is 1. The fourth-order valence-electron chi connectivity index (χ4n) is 3.66. The minimum atomic E-state index is -0.204. The Kier molecular flexibility index (Phi) is 6.11. The van der Waals surface area contributed by atoms with Crippen LogP contribution in [0, 0.1) is 17.2 Å². The Bertz CT molecular complexity index is 689. The predicted octanol–water partition coefficient (Wildman–Crippen LogP) is 3.47. The van der Waals surface area contributed by atoms with E-state index in [1.165, 1.54) is 12.8 Å². The highest BCUT2D eigenvalue weighted by atomic mass is 16.2. The molecular formula is C20H26N4O2. The van der Waals surface area contributed by atoms with Crippen LogP contribution in [0.15, 0.2) is 24.3 Å². The second kappa shape index (κ2) is 8.70. The third-order valence-corrected chi connectivity index (χ3v) is 5.15. The van der Waals surface area contributed by atoms with Crippen LogP contribution in [0.2, 0.25) is 0 Å². The zero-order chi connectivity index (χ0) is 18.4. The smallest absolute Gasteiger partial charge is 0.321 e. The maximum absolute atomic E-state index is 12.7. The number of carbonyl (C=O) groups is 2. The Morgan fingerprint density at radius 3 is 2.50 bits per heavy atom. The summed E-state index contributed by atoms with van der Waals surface area (Å²) in [6.07, 6.45) is 6.16. The van der Waals surface area contributed by atoms with E-state index in [0.29, 0.717) is 24.3 Å². The summed E-state index contributed by atoms with van der Waals surface area (Å²) in [5.41, 5.74) is 1.23. The van der Waals surface area contributed by atoms with Gasteiger partial charge >= 0.3 is 6.03 Å². The molecule has 2 aliphatic rings. The molecule has 2 aliphatic heterocycles. The molecule has 2 saturated heterocycles. The lowest BCUT2D eigenvalue weighted by Crippen LogP contribution is -2.42. The molecule has 0 radical (unpaired) electrons. The molecule has 1 N–H and O–H groups in total. The first-order valence-corrected chi connectivity index (χ1v) is 9.52. The average molecular weight is 354 g/mol. The van der Waals surface area contributed by atoms with E-state index in [0.717, 1.165) is 38.8 Å². The zero-order valence-corrected chi connectivity index (χ0v) is 15.1. The van der Waals surface area contributed by atoms with Crippen LogP contribution in [-0.2, 0) is 0 Å². The van der Waals surface area contributed by atoms with Crippen LogP contribution in [0.25, 0.3) is 0 Å². The number of nitrogens with zero attached hydrogens (tertiary/aromatic N) is 3. The highest BCUT2D eigenvalue weighted by molar-refractivity contribution is 5.97. The van der Waals surface area contributed by atoms with E-state index in [1.54, 1.807) is 29.2 Å². The lowest BCUT2D eigenvalue weighted by molar-refractivity contribution is 0.0761. The molecule has 6 nitrogen and oxygen atoms in total. The van der Waals surface area contributed by atoms with E-state index in [4.69, 9.17) is 5.26 Å². The molecule has 2 heterocycles. The topological polar surface area (TPSA) is 76.4 Å². The molecule has 0 bridgehead atoms. The Morgan fingerprint density at radius 1 is 1.04 bits per heavy atom.